The van der Waals surface area contributed by atoms with Crippen molar-refractivity contribution in [3.8, 4) is 0 Å². The Kier molecular flexibility index (Phi) is 3.04. The fraction of sp³-hybridized carbons (Fsp3) is 0.312. The molecule has 1 fully saturated rings. The van der Waals surface area contributed by atoms with Crippen LogP contribution in [-0.4, -0.2) is 4.98 Å². The summed E-state index contributed by atoms with van der Waals surface area (Å²) in [5, 5.41) is 0. The molecule has 0 radical (unpaired) electrons. The number of rotatable bonds is 2. The highest BCUT2D eigenvalue weighted by molar-refractivity contribution is 5.44. The average molecular weight is 295 g/mol. The lowest BCUT2D eigenvalue weighted by atomic mass is 9.90. The Bertz CT molecular complexity index is 670. The first-order chi connectivity index (χ1) is 9.81. The smallest absolute Gasteiger partial charge is 0.260 e. The summed E-state index contributed by atoms with van der Waals surface area (Å²) in [6.07, 6.45) is -1.50. The van der Waals surface area contributed by atoms with Gasteiger partial charge in [-0.1, -0.05) is 6.07 Å². The summed E-state index contributed by atoms with van der Waals surface area (Å²) in [4.78, 5) is 4.31. The first-order valence-electron chi connectivity index (χ1n) is 6.63. The summed E-state index contributed by atoms with van der Waals surface area (Å²) >= 11 is 0. The molecule has 1 aromatic heterocycles. The fourth-order valence-corrected chi connectivity index (χ4v) is 2.60. The number of hydrogen-bond acceptors (Lipinski definition) is 1. The molecule has 1 aromatic carbocycles. The van der Waals surface area contributed by atoms with Gasteiger partial charge in [0.25, 0.3) is 0 Å². The van der Waals surface area contributed by atoms with Crippen molar-refractivity contribution in [2.45, 2.75) is 31.4 Å². The van der Waals surface area contributed by atoms with Crippen LogP contribution >= 0.6 is 0 Å². The van der Waals surface area contributed by atoms with E-state index in [1.807, 2.05) is 13.0 Å². The van der Waals surface area contributed by atoms with Crippen LogP contribution in [0.15, 0.2) is 36.5 Å². The second-order valence-electron chi connectivity index (χ2n) is 5.53. The molecule has 110 valence electrons. The summed E-state index contributed by atoms with van der Waals surface area (Å²) in [7, 11) is 0. The molecule has 0 unspecified atom stereocenters. The highest BCUT2D eigenvalue weighted by Gasteiger charge is 2.48. The van der Waals surface area contributed by atoms with E-state index in [-0.39, 0.29) is 0 Å². The second kappa shape index (κ2) is 4.55. The Morgan fingerprint density at radius 1 is 1.10 bits per heavy atom. The third kappa shape index (κ3) is 2.52. The Hall–Kier alpha value is -1.91. The van der Waals surface area contributed by atoms with Gasteiger partial charge in [-0.15, -0.1) is 0 Å². The van der Waals surface area contributed by atoms with Gasteiger partial charge in [0.15, 0.2) is 0 Å². The van der Waals surface area contributed by atoms with Crippen LogP contribution < -0.4 is 0 Å². The van der Waals surface area contributed by atoms with E-state index >= 15 is 0 Å². The quantitative estimate of drug-likeness (QED) is 0.736. The van der Waals surface area contributed by atoms with Crippen molar-refractivity contribution in [2.75, 3.05) is 0 Å². The third-order valence-corrected chi connectivity index (χ3v) is 3.93. The molecule has 0 atom stereocenters. The summed E-state index contributed by atoms with van der Waals surface area (Å²) in [6, 6.07) is 6.43. The molecule has 2 aromatic rings. The SMILES string of the molecule is Cc1ccc(C2(c3cc(F)cc(C(F)(F)F)c3)CC2)nc1. The van der Waals surface area contributed by atoms with Crippen LogP contribution in [0, 0.1) is 12.7 Å². The van der Waals surface area contributed by atoms with Gasteiger partial charge < -0.3 is 0 Å². The summed E-state index contributed by atoms with van der Waals surface area (Å²) in [6.45, 7) is 1.89. The highest BCUT2D eigenvalue weighted by Crippen LogP contribution is 2.53. The van der Waals surface area contributed by atoms with Crippen molar-refractivity contribution >= 4 is 0 Å². The molecular formula is C16H13F4N. The van der Waals surface area contributed by atoms with Crippen molar-refractivity contribution in [1.82, 2.24) is 4.98 Å². The maximum absolute atomic E-state index is 13.6. The monoisotopic (exact) mass is 295 g/mol. The van der Waals surface area contributed by atoms with Gasteiger partial charge in [-0.3, -0.25) is 4.98 Å². The lowest BCUT2D eigenvalue weighted by Gasteiger charge is -2.17. The van der Waals surface area contributed by atoms with Crippen molar-refractivity contribution < 1.29 is 17.6 Å². The lowest BCUT2D eigenvalue weighted by molar-refractivity contribution is -0.137. The Morgan fingerprint density at radius 3 is 2.33 bits per heavy atom. The minimum absolute atomic E-state index is 0.353. The molecule has 5 heteroatoms. The normalized spacial score (nSPS) is 16.8. The predicted molar refractivity (Wildman–Crippen MR) is 70.4 cm³/mol. The van der Waals surface area contributed by atoms with Crippen LogP contribution in [0.4, 0.5) is 17.6 Å². The zero-order valence-electron chi connectivity index (χ0n) is 11.3. The van der Waals surface area contributed by atoms with Gasteiger partial charge in [0, 0.05) is 11.6 Å². The molecule has 0 spiro atoms. The highest BCUT2D eigenvalue weighted by atomic mass is 19.4. The molecule has 1 heterocycles. The van der Waals surface area contributed by atoms with E-state index in [9.17, 15) is 17.6 Å². The van der Waals surface area contributed by atoms with Crippen molar-refractivity contribution in [3.63, 3.8) is 0 Å². The van der Waals surface area contributed by atoms with Gasteiger partial charge in [0.2, 0.25) is 0 Å². The van der Waals surface area contributed by atoms with Crippen LogP contribution in [-0.2, 0) is 11.6 Å². The molecule has 0 bridgehead atoms. The molecule has 0 saturated heterocycles. The fourth-order valence-electron chi connectivity index (χ4n) is 2.60. The maximum Gasteiger partial charge on any atom is 0.416 e. The molecule has 1 saturated carbocycles. The zero-order chi connectivity index (χ0) is 15.3. The topological polar surface area (TPSA) is 12.9 Å². The predicted octanol–water partition coefficient (Wildman–Crippen LogP) is 4.63. The number of alkyl halides is 3. The van der Waals surface area contributed by atoms with Gasteiger partial charge in [-0.05, 0) is 55.2 Å². The van der Waals surface area contributed by atoms with E-state index in [1.165, 1.54) is 6.07 Å². The van der Waals surface area contributed by atoms with E-state index in [2.05, 4.69) is 4.98 Å². The zero-order valence-corrected chi connectivity index (χ0v) is 11.3. The lowest BCUT2D eigenvalue weighted by Crippen LogP contribution is -2.14. The number of nitrogens with zero attached hydrogens (tertiary/aromatic N) is 1. The number of aryl methyl sites for hydroxylation is 1. The number of benzene rings is 1. The van der Waals surface area contributed by atoms with Gasteiger partial charge in [0.1, 0.15) is 5.82 Å². The second-order valence-corrected chi connectivity index (χ2v) is 5.53. The number of halogens is 4. The molecule has 1 aliphatic rings. The number of hydrogen-bond donors (Lipinski definition) is 0. The molecule has 1 aliphatic carbocycles. The van der Waals surface area contributed by atoms with E-state index in [4.69, 9.17) is 0 Å². The van der Waals surface area contributed by atoms with Crippen LogP contribution in [0.5, 0.6) is 0 Å². The summed E-state index contributed by atoms with van der Waals surface area (Å²) < 4.78 is 52.1. The van der Waals surface area contributed by atoms with Gasteiger partial charge >= 0.3 is 6.18 Å². The standard InChI is InChI=1S/C16H13F4N/c1-10-2-3-14(21-9-10)15(4-5-15)11-6-12(16(18,19)20)8-13(17)7-11/h2-3,6-9H,4-5H2,1H3. The minimum atomic E-state index is -4.55. The molecule has 1 nitrogen and oxygen atoms in total. The van der Waals surface area contributed by atoms with Crippen molar-refractivity contribution in [3.05, 3.63) is 64.7 Å². The number of pyridine rings is 1. The number of aromatic nitrogens is 1. The van der Waals surface area contributed by atoms with E-state index in [0.29, 0.717) is 30.2 Å². The average Bonchev–Trinajstić information content (AvgIpc) is 3.19. The molecular weight excluding hydrogens is 282 g/mol. The van der Waals surface area contributed by atoms with Gasteiger partial charge in [-0.2, -0.15) is 13.2 Å². The van der Waals surface area contributed by atoms with Gasteiger partial charge in [0.05, 0.1) is 11.3 Å². The van der Waals surface area contributed by atoms with Crippen molar-refractivity contribution in [1.29, 1.82) is 0 Å². The van der Waals surface area contributed by atoms with Crippen LogP contribution in [0.2, 0.25) is 0 Å². The Balaban J connectivity index is 2.08. The molecule has 0 aliphatic heterocycles. The van der Waals surface area contributed by atoms with Crippen LogP contribution in [0.25, 0.3) is 0 Å². The van der Waals surface area contributed by atoms with E-state index in [1.54, 1.807) is 12.3 Å². The first-order valence-corrected chi connectivity index (χ1v) is 6.63. The third-order valence-electron chi connectivity index (χ3n) is 3.93. The largest absolute Gasteiger partial charge is 0.416 e. The van der Waals surface area contributed by atoms with E-state index in [0.717, 1.165) is 11.6 Å². The summed E-state index contributed by atoms with van der Waals surface area (Å²) in [5.41, 5.74) is 0.508. The first kappa shape index (κ1) is 14.0. The Labute approximate surface area is 119 Å². The van der Waals surface area contributed by atoms with E-state index < -0.39 is 23.0 Å². The van der Waals surface area contributed by atoms with Crippen LogP contribution in [0.1, 0.15) is 35.2 Å². The maximum atomic E-state index is 13.6. The van der Waals surface area contributed by atoms with Crippen molar-refractivity contribution in [2.24, 2.45) is 0 Å². The molecule has 0 N–H and O–H groups in total. The molecule has 0 amide bonds. The Morgan fingerprint density at radius 2 is 1.81 bits per heavy atom. The summed E-state index contributed by atoms with van der Waals surface area (Å²) in [5.74, 6) is -0.863. The minimum Gasteiger partial charge on any atom is -0.260 e. The molecule has 3 rings (SSSR count). The molecule has 21 heavy (non-hydrogen) atoms. The van der Waals surface area contributed by atoms with Gasteiger partial charge in [-0.25, -0.2) is 4.39 Å². The van der Waals surface area contributed by atoms with Crippen LogP contribution in [0.3, 0.4) is 0 Å².